The van der Waals surface area contributed by atoms with E-state index in [9.17, 15) is 8.78 Å². The molecule has 1 unspecified atom stereocenters. The fourth-order valence-electron chi connectivity index (χ4n) is 2.18. The van der Waals surface area contributed by atoms with Crippen LogP contribution >= 0.6 is 11.6 Å². The Hall–Kier alpha value is -1.45. The Labute approximate surface area is 122 Å². The molecule has 0 saturated carbocycles. The van der Waals surface area contributed by atoms with Crippen molar-refractivity contribution in [2.45, 2.75) is 19.4 Å². The minimum absolute atomic E-state index is 0.0568. The topological polar surface area (TPSA) is 12.0 Å². The van der Waals surface area contributed by atoms with Crippen LogP contribution in [0, 0.1) is 11.6 Å². The molecule has 1 N–H and O–H groups in total. The summed E-state index contributed by atoms with van der Waals surface area (Å²) in [6.07, 6.45) is 0.445. The molecular weight excluding hydrogens is 280 g/mol. The molecule has 1 nitrogen and oxygen atoms in total. The Morgan fingerprint density at radius 3 is 2.60 bits per heavy atom. The van der Waals surface area contributed by atoms with Gasteiger partial charge in [0.1, 0.15) is 11.6 Å². The van der Waals surface area contributed by atoms with E-state index >= 15 is 0 Å². The van der Waals surface area contributed by atoms with E-state index in [-0.39, 0.29) is 6.04 Å². The van der Waals surface area contributed by atoms with Crippen molar-refractivity contribution in [2.75, 3.05) is 6.54 Å². The normalized spacial score (nSPS) is 12.4. The maximum Gasteiger partial charge on any atom is 0.129 e. The number of halogens is 3. The lowest BCUT2D eigenvalue weighted by Crippen LogP contribution is -2.23. The first-order valence-electron chi connectivity index (χ1n) is 6.53. The van der Waals surface area contributed by atoms with Crippen molar-refractivity contribution in [3.05, 3.63) is 70.2 Å². The van der Waals surface area contributed by atoms with Crippen molar-refractivity contribution >= 4 is 11.6 Å². The van der Waals surface area contributed by atoms with Crippen molar-refractivity contribution < 1.29 is 8.78 Å². The number of nitrogens with one attached hydrogen (secondary N) is 1. The van der Waals surface area contributed by atoms with Gasteiger partial charge in [0.15, 0.2) is 0 Å². The molecule has 0 aliphatic carbocycles. The molecule has 4 heteroatoms. The highest BCUT2D eigenvalue weighted by Crippen LogP contribution is 2.23. The van der Waals surface area contributed by atoms with Crippen molar-refractivity contribution in [1.29, 1.82) is 0 Å². The second kappa shape index (κ2) is 6.82. The first-order valence-corrected chi connectivity index (χ1v) is 6.90. The standard InChI is InChI=1S/C16H16ClF2N/c1-2-20-16(12-4-3-5-13(17)8-12)9-11-6-7-14(18)10-15(11)19/h3-8,10,16,20H,2,9H2,1H3. The van der Waals surface area contributed by atoms with Crippen molar-refractivity contribution in [3.63, 3.8) is 0 Å². The molecule has 2 aromatic carbocycles. The molecule has 0 aliphatic rings. The minimum Gasteiger partial charge on any atom is -0.310 e. The van der Waals surface area contributed by atoms with Crippen molar-refractivity contribution in [1.82, 2.24) is 5.32 Å². The van der Waals surface area contributed by atoms with Gasteiger partial charge in [0.2, 0.25) is 0 Å². The van der Waals surface area contributed by atoms with E-state index in [0.29, 0.717) is 17.0 Å². The molecule has 106 valence electrons. The molecule has 0 aromatic heterocycles. The van der Waals surface area contributed by atoms with Crippen LogP contribution in [0.3, 0.4) is 0 Å². The average molecular weight is 296 g/mol. The summed E-state index contributed by atoms with van der Waals surface area (Å²) in [5, 5.41) is 3.94. The first kappa shape index (κ1) is 14.9. The Morgan fingerprint density at radius 1 is 1.15 bits per heavy atom. The maximum absolute atomic E-state index is 13.8. The Bertz CT molecular complexity index is 586. The SMILES string of the molecule is CCNC(Cc1ccc(F)cc1F)c1cccc(Cl)c1. The van der Waals surface area contributed by atoms with Crippen LogP contribution in [0.4, 0.5) is 8.78 Å². The van der Waals surface area contributed by atoms with Gasteiger partial charge in [-0.2, -0.15) is 0 Å². The molecular formula is C16H16ClF2N. The number of benzene rings is 2. The van der Waals surface area contributed by atoms with Gasteiger partial charge in [-0.15, -0.1) is 0 Å². The highest BCUT2D eigenvalue weighted by atomic mass is 35.5. The van der Waals surface area contributed by atoms with E-state index in [2.05, 4.69) is 5.32 Å². The molecule has 0 fully saturated rings. The maximum atomic E-state index is 13.8. The smallest absolute Gasteiger partial charge is 0.129 e. The summed E-state index contributed by atoms with van der Waals surface area (Å²) >= 11 is 5.99. The van der Waals surface area contributed by atoms with E-state index < -0.39 is 11.6 Å². The third-order valence-electron chi connectivity index (χ3n) is 3.14. The van der Waals surface area contributed by atoms with Crippen LogP contribution in [0.5, 0.6) is 0 Å². The summed E-state index contributed by atoms with van der Waals surface area (Å²) in [5.74, 6) is -1.08. The van der Waals surface area contributed by atoms with E-state index in [1.807, 2.05) is 25.1 Å². The zero-order valence-electron chi connectivity index (χ0n) is 11.2. The van der Waals surface area contributed by atoms with Crippen LogP contribution < -0.4 is 5.32 Å². The summed E-state index contributed by atoms with van der Waals surface area (Å²) < 4.78 is 26.7. The number of hydrogen-bond donors (Lipinski definition) is 1. The van der Waals surface area contributed by atoms with Gasteiger partial charge in [-0.25, -0.2) is 8.78 Å². The Morgan fingerprint density at radius 2 is 1.95 bits per heavy atom. The number of likely N-dealkylation sites (N-methyl/N-ethyl adjacent to an activating group) is 1. The van der Waals surface area contributed by atoms with Gasteiger partial charge < -0.3 is 5.32 Å². The van der Waals surface area contributed by atoms with Gasteiger partial charge >= 0.3 is 0 Å². The summed E-state index contributed by atoms with van der Waals surface area (Å²) in [4.78, 5) is 0. The van der Waals surface area contributed by atoms with Gasteiger partial charge in [-0.3, -0.25) is 0 Å². The molecule has 2 rings (SSSR count). The monoisotopic (exact) mass is 295 g/mol. The fourth-order valence-corrected chi connectivity index (χ4v) is 2.38. The van der Waals surface area contributed by atoms with Crippen LogP contribution in [0.2, 0.25) is 5.02 Å². The van der Waals surface area contributed by atoms with Crippen molar-refractivity contribution in [2.24, 2.45) is 0 Å². The Balaban J connectivity index is 2.25. The third kappa shape index (κ3) is 3.78. The van der Waals surface area contributed by atoms with Crippen LogP contribution in [-0.4, -0.2) is 6.54 Å². The molecule has 0 amide bonds. The largest absolute Gasteiger partial charge is 0.310 e. The lowest BCUT2D eigenvalue weighted by atomic mass is 9.98. The second-order valence-corrected chi connectivity index (χ2v) is 5.04. The quantitative estimate of drug-likeness (QED) is 0.855. The van der Waals surface area contributed by atoms with Crippen LogP contribution in [0.25, 0.3) is 0 Å². The van der Waals surface area contributed by atoms with E-state index in [1.165, 1.54) is 12.1 Å². The van der Waals surface area contributed by atoms with Crippen molar-refractivity contribution in [3.8, 4) is 0 Å². The predicted octanol–water partition coefficient (Wildman–Crippen LogP) is 4.51. The number of hydrogen-bond acceptors (Lipinski definition) is 1. The fraction of sp³-hybridized carbons (Fsp3) is 0.250. The first-order chi connectivity index (χ1) is 9.60. The zero-order valence-corrected chi connectivity index (χ0v) is 11.9. The highest BCUT2D eigenvalue weighted by Gasteiger charge is 2.14. The van der Waals surface area contributed by atoms with Crippen LogP contribution in [0.1, 0.15) is 24.1 Å². The molecule has 0 bridgehead atoms. The molecule has 0 heterocycles. The van der Waals surface area contributed by atoms with Gasteiger partial charge in [0.25, 0.3) is 0 Å². The summed E-state index contributed by atoms with van der Waals surface area (Å²) in [6.45, 7) is 2.73. The third-order valence-corrected chi connectivity index (χ3v) is 3.38. The molecule has 2 aromatic rings. The minimum atomic E-state index is -0.561. The van der Waals surface area contributed by atoms with Gasteiger partial charge in [-0.1, -0.05) is 36.7 Å². The van der Waals surface area contributed by atoms with E-state index in [4.69, 9.17) is 11.6 Å². The molecule has 0 saturated heterocycles. The number of rotatable bonds is 5. The van der Waals surface area contributed by atoms with Gasteiger partial charge in [-0.05, 0) is 42.3 Å². The van der Waals surface area contributed by atoms with E-state index in [0.717, 1.165) is 18.2 Å². The van der Waals surface area contributed by atoms with Crippen LogP contribution in [-0.2, 0) is 6.42 Å². The second-order valence-electron chi connectivity index (χ2n) is 4.61. The summed E-state index contributed by atoms with van der Waals surface area (Å²) in [5.41, 5.74) is 1.47. The zero-order chi connectivity index (χ0) is 14.5. The predicted molar refractivity (Wildman–Crippen MR) is 77.9 cm³/mol. The molecule has 0 spiro atoms. The lowest BCUT2D eigenvalue weighted by molar-refractivity contribution is 0.521. The average Bonchev–Trinajstić information content (AvgIpc) is 2.41. The lowest BCUT2D eigenvalue weighted by Gasteiger charge is -2.19. The van der Waals surface area contributed by atoms with E-state index in [1.54, 1.807) is 6.07 Å². The highest BCUT2D eigenvalue weighted by molar-refractivity contribution is 6.30. The summed E-state index contributed by atoms with van der Waals surface area (Å²) in [7, 11) is 0. The summed E-state index contributed by atoms with van der Waals surface area (Å²) in [6, 6.07) is 11.1. The molecule has 0 radical (unpaired) electrons. The molecule has 1 atom stereocenters. The molecule has 0 aliphatic heterocycles. The van der Waals surface area contributed by atoms with Gasteiger partial charge in [0, 0.05) is 17.1 Å². The Kier molecular flexibility index (Phi) is 5.10. The van der Waals surface area contributed by atoms with Gasteiger partial charge in [0.05, 0.1) is 0 Å². The van der Waals surface area contributed by atoms with Crippen LogP contribution in [0.15, 0.2) is 42.5 Å². The molecule has 20 heavy (non-hydrogen) atoms.